The minimum atomic E-state index is -2.14. The zero-order valence-corrected chi connectivity index (χ0v) is 12.3. The van der Waals surface area contributed by atoms with Crippen LogP contribution in [0.15, 0.2) is 0 Å². The molecule has 0 amide bonds. The summed E-state index contributed by atoms with van der Waals surface area (Å²) in [5.74, 6) is 0. The Bertz CT molecular complexity index is 177. The summed E-state index contributed by atoms with van der Waals surface area (Å²) in [7, 11) is 0. The zero-order chi connectivity index (χ0) is 11.1. The Labute approximate surface area is 121 Å². The van der Waals surface area contributed by atoms with Crippen LogP contribution in [0.25, 0.3) is 0 Å². The summed E-state index contributed by atoms with van der Waals surface area (Å²) in [4.78, 5) is -1.32. The van der Waals surface area contributed by atoms with E-state index in [1.807, 2.05) is 0 Å². The van der Waals surface area contributed by atoms with Gasteiger partial charge in [-0.25, -0.2) is 0 Å². The summed E-state index contributed by atoms with van der Waals surface area (Å²) >= 11 is 49.7. The molecule has 0 aliphatic rings. The predicted octanol–water partition coefficient (Wildman–Crippen LogP) is 5.51. The van der Waals surface area contributed by atoms with Crippen molar-refractivity contribution >= 4 is 104 Å². The fourth-order valence-electron chi connectivity index (χ4n) is 0.326. The van der Waals surface area contributed by atoms with Crippen molar-refractivity contribution in [2.24, 2.45) is 0 Å². The van der Waals surface area contributed by atoms with Crippen molar-refractivity contribution in [1.82, 2.24) is 0 Å². The highest BCUT2D eigenvalue weighted by Crippen LogP contribution is 2.58. The highest BCUT2D eigenvalue weighted by Gasteiger charge is 2.62. The van der Waals surface area contributed by atoms with Crippen molar-refractivity contribution in [3.63, 3.8) is 0 Å². The molecule has 0 saturated heterocycles. The Hall–Kier alpha value is 2.61. The molecule has 0 unspecified atom stereocenters. The molecule has 0 aliphatic carbocycles. The second kappa shape index (κ2) is 4.85. The second-order valence-electron chi connectivity index (χ2n) is 2.00. The number of alkyl halides is 9. The summed E-state index contributed by atoms with van der Waals surface area (Å²) < 4.78 is -6.27. The van der Waals surface area contributed by atoms with Crippen molar-refractivity contribution in [2.75, 3.05) is 0 Å². The molecule has 9 heteroatoms. The van der Waals surface area contributed by atoms with E-state index < -0.39 is 17.3 Å². The van der Waals surface area contributed by atoms with E-state index in [0.717, 1.165) is 0 Å². The third-order valence-corrected chi connectivity index (χ3v) is 6.13. The van der Waals surface area contributed by atoms with E-state index in [-0.39, 0.29) is 0 Å². The van der Waals surface area contributed by atoms with E-state index in [2.05, 4.69) is 0 Å². The summed E-state index contributed by atoms with van der Waals surface area (Å²) in [6.07, 6.45) is 0. The molecule has 0 atom stereocenters. The van der Waals surface area contributed by atoms with Crippen molar-refractivity contribution in [1.29, 1.82) is 0 Å². The van der Waals surface area contributed by atoms with E-state index in [1.54, 1.807) is 0 Å². The molecule has 0 rings (SSSR count). The minimum Gasteiger partial charge on any atom is -0.102 e. The maximum atomic E-state index is 5.64. The van der Waals surface area contributed by atoms with Crippen LogP contribution in [0, 0.1) is 0 Å². The number of hydrogen-bond donors (Lipinski definition) is 0. The molecule has 80 valence electrons. The fraction of sp³-hybridized carbons (Fsp3) is 1.00. The first-order valence-corrected chi connectivity index (χ1v) is 6.07. The Morgan fingerprint density at radius 2 is 1.00 bits per heavy atom. The molecule has 0 nitrogen and oxygen atoms in total. The number of hydrogen-bond acceptors (Lipinski definition) is 0. The lowest BCUT2D eigenvalue weighted by atomic mass is 10.3. The molecular weight excluding hydrogens is 367 g/mol. The van der Waals surface area contributed by atoms with Crippen LogP contribution in [0.4, 0.5) is 0 Å². The molecule has 0 spiro atoms. The van der Waals surface area contributed by atoms with Crippen LogP contribution >= 0.6 is 104 Å². The van der Waals surface area contributed by atoms with Crippen molar-refractivity contribution < 1.29 is 0 Å². The molecule has 0 aromatic carbocycles. The molecular formula is C4HCl9. The fourth-order valence-corrected chi connectivity index (χ4v) is 2.12. The Kier molecular flexibility index (Phi) is 5.83. The lowest BCUT2D eigenvalue weighted by molar-refractivity contribution is 0.696. The molecule has 0 N–H and O–H groups in total. The topological polar surface area (TPSA) is 0 Å². The highest BCUT2D eigenvalue weighted by molar-refractivity contribution is 6.79. The minimum absolute atomic E-state index is 1.32. The first kappa shape index (κ1) is 15.6. The molecule has 0 fully saturated rings. The first-order valence-electron chi connectivity index (χ1n) is 2.55. The SMILES string of the molecule is ClC(Cl)C(Cl)(Cl)C(Cl)(Cl)C(Cl)(Cl)Cl. The zero-order valence-electron chi connectivity index (χ0n) is 5.48. The lowest BCUT2D eigenvalue weighted by Gasteiger charge is -2.38. The van der Waals surface area contributed by atoms with E-state index >= 15 is 0 Å². The number of rotatable bonds is 2. The van der Waals surface area contributed by atoms with E-state index in [9.17, 15) is 0 Å². The van der Waals surface area contributed by atoms with Gasteiger partial charge in [0.2, 0.25) is 3.79 Å². The smallest absolute Gasteiger partial charge is 0.102 e. The quantitative estimate of drug-likeness (QED) is 0.564. The first-order chi connectivity index (χ1) is 5.44. The number of halogens is 9. The third kappa shape index (κ3) is 3.28. The monoisotopic (exact) mass is 364 g/mol. The molecule has 0 aromatic heterocycles. The summed E-state index contributed by atoms with van der Waals surface area (Å²) in [6.45, 7) is 0. The standard InChI is InChI=1S/C4HCl9/c5-1(6)2(7,8)3(9,10)4(11,12)13/h1H. The largest absolute Gasteiger partial charge is 0.226 e. The molecule has 0 saturated carbocycles. The summed E-state index contributed by atoms with van der Waals surface area (Å²) in [5, 5.41) is 0. The van der Waals surface area contributed by atoms with Crippen molar-refractivity contribution in [3.05, 3.63) is 0 Å². The van der Waals surface area contributed by atoms with Crippen molar-refractivity contribution in [3.8, 4) is 0 Å². The molecule has 13 heavy (non-hydrogen) atoms. The van der Waals surface area contributed by atoms with Crippen molar-refractivity contribution in [2.45, 2.75) is 17.3 Å². The Morgan fingerprint density at radius 3 is 1.08 bits per heavy atom. The van der Waals surface area contributed by atoms with Gasteiger partial charge in [0, 0.05) is 0 Å². The van der Waals surface area contributed by atoms with Gasteiger partial charge in [-0.05, 0) is 0 Å². The van der Waals surface area contributed by atoms with Crippen LogP contribution in [0.1, 0.15) is 0 Å². The van der Waals surface area contributed by atoms with Gasteiger partial charge in [0.1, 0.15) is 4.84 Å². The van der Waals surface area contributed by atoms with Gasteiger partial charge in [-0.3, -0.25) is 0 Å². The van der Waals surface area contributed by atoms with E-state index in [0.29, 0.717) is 0 Å². The van der Waals surface area contributed by atoms with Gasteiger partial charge < -0.3 is 0 Å². The average molecular weight is 368 g/mol. The van der Waals surface area contributed by atoms with Crippen LogP contribution in [0.3, 0.4) is 0 Å². The van der Waals surface area contributed by atoms with Gasteiger partial charge in [0.25, 0.3) is 0 Å². The molecule has 0 heterocycles. The lowest BCUT2D eigenvalue weighted by Crippen LogP contribution is -2.50. The maximum Gasteiger partial charge on any atom is 0.226 e. The van der Waals surface area contributed by atoms with Crippen LogP contribution in [0.5, 0.6) is 0 Å². The molecule has 0 aliphatic heterocycles. The molecule has 0 radical (unpaired) electrons. The van der Waals surface area contributed by atoms with Crippen LogP contribution in [-0.4, -0.2) is 17.3 Å². The second-order valence-corrected chi connectivity index (χ2v) is 8.09. The summed E-state index contributed by atoms with van der Waals surface area (Å²) in [6, 6.07) is 0. The third-order valence-electron chi connectivity index (χ3n) is 1.05. The summed E-state index contributed by atoms with van der Waals surface area (Å²) in [5.41, 5.74) is 0. The van der Waals surface area contributed by atoms with Crippen LogP contribution < -0.4 is 0 Å². The van der Waals surface area contributed by atoms with Gasteiger partial charge in [-0.15, -0.1) is 23.2 Å². The Balaban J connectivity index is 5.04. The van der Waals surface area contributed by atoms with E-state index in [4.69, 9.17) is 104 Å². The molecule has 0 bridgehead atoms. The highest BCUT2D eigenvalue weighted by atomic mass is 35.6. The van der Waals surface area contributed by atoms with E-state index in [1.165, 1.54) is 0 Å². The van der Waals surface area contributed by atoms with Crippen LogP contribution in [0.2, 0.25) is 0 Å². The van der Waals surface area contributed by atoms with Gasteiger partial charge in [0.15, 0.2) is 8.67 Å². The van der Waals surface area contributed by atoms with Gasteiger partial charge >= 0.3 is 0 Å². The van der Waals surface area contributed by atoms with Crippen LogP contribution in [-0.2, 0) is 0 Å². The average Bonchev–Trinajstić information content (AvgIpc) is 1.84. The Morgan fingerprint density at radius 1 is 0.692 bits per heavy atom. The van der Waals surface area contributed by atoms with Gasteiger partial charge in [-0.1, -0.05) is 81.2 Å². The van der Waals surface area contributed by atoms with Gasteiger partial charge in [-0.2, -0.15) is 0 Å². The predicted molar refractivity (Wildman–Crippen MR) is 64.7 cm³/mol. The maximum absolute atomic E-state index is 5.64. The van der Waals surface area contributed by atoms with Gasteiger partial charge in [0.05, 0.1) is 0 Å². The molecule has 0 aromatic rings. The normalized spacial score (nSPS) is 15.2.